The number of aromatic carboxylic acids is 1. The average Bonchev–Trinajstić information content (AvgIpc) is 2.94. The fraction of sp³-hybridized carbons (Fsp3) is 0.222. The lowest BCUT2D eigenvalue weighted by Crippen LogP contribution is -2.24. The molecular formula is C18H17N3O4S. The minimum absolute atomic E-state index is 0.110. The minimum atomic E-state index is -1.08. The van der Waals surface area contributed by atoms with Crippen LogP contribution in [0, 0.1) is 6.92 Å². The van der Waals surface area contributed by atoms with E-state index in [1.165, 1.54) is 4.57 Å². The lowest BCUT2D eigenvalue weighted by atomic mass is 10.1. The summed E-state index contributed by atoms with van der Waals surface area (Å²) in [6, 6.07) is 9.19. The highest BCUT2D eigenvalue weighted by Gasteiger charge is 2.21. The number of hydrogen-bond acceptors (Lipinski definition) is 5. The zero-order chi connectivity index (χ0) is 18.8. The van der Waals surface area contributed by atoms with Gasteiger partial charge >= 0.3 is 5.97 Å². The van der Waals surface area contributed by atoms with Crippen LogP contribution in [0.5, 0.6) is 0 Å². The summed E-state index contributed by atoms with van der Waals surface area (Å²) in [4.78, 5) is 40.6. The predicted molar refractivity (Wildman–Crippen MR) is 99.4 cm³/mol. The van der Waals surface area contributed by atoms with Crippen LogP contribution < -0.4 is 11.3 Å². The molecule has 2 aromatic heterocycles. The molecule has 0 unspecified atom stereocenters. The molecule has 0 aliphatic carbocycles. The van der Waals surface area contributed by atoms with Crippen LogP contribution in [0.2, 0.25) is 0 Å². The number of nitrogens with two attached hydrogens (primary N) is 1. The van der Waals surface area contributed by atoms with E-state index in [2.05, 4.69) is 4.98 Å². The number of hydrogen-bond donors (Lipinski definition) is 2. The number of nitrogens with zero attached hydrogens (tertiary/aromatic N) is 2. The zero-order valence-corrected chi connectivity index (χ0v) is 14.9. The standard InChI is InChI=1S/C18H17N3O4S/c1-10-13-16(26-14(10)18(24)25)20-15(11-6-3-2-4-7-11)21(17(13)23)9-5-8-12(19)22/h2-4,6-7H,5,8-9H2,1H3,(H2,19,22)(H,24,25). The Kier molecular flexibility index (Phi) is 4.85. The van der Waals surface area contributed by atoms with Crippen LogP contribution in [0.3, 0.4) is 0 Å². The van der Waals surface area contributed by atoms with Crippen molar-refractivity contribution in [2.45, 2.75) is 26.3 Å². The van der Waals surface area contributed by atoms with Gasteiger partial charge in [-0.3, -0.25) is 14.2 Å². The van der Waals surface area contributed by atoms with E-state index in [1.807, 2.05) is 30.3 Å². The molecule has 8 heteroatoms. The Morgan fingerprint density at radius 1 is 1.27 bits per heavy atom. The number of benzene rings is 1. The van der Waals surface area contributed by atoms with E-state index in [-0.39, 0.29) is 23.4 Å². The number of amides is 1. The maximum absolute atomic E-state index is 13.1. The molecule has 1 aromatic carbocycles. The number of aryl methyl sites for hydroxylation is 1. The SMILES string of the molecule is Cc1c(C(=O)O)sc2nc(-c3ccccc3)n(CCCC(N)=O)c(=O)c12. The number of aromatic nitrogens is 2. The van der Waals surface area contributed by atoms with Gasteiger partial charge in [-0.2, -0.15) is 0 Å². The van der Waals surface area contributed by atoms with Crippen LogP contribution in [0.1, 0.15) is 28.1 Å². The number of carbonyl (C=O) groups excluding carboxylic acids is 1. The summed E-state index contributed by atoms with van der Waals surface area (Å²) >= 11 is 0.994. The predicted octanol–water partition coefficient (Wildman–Crippen LogP) is 2.40. The largest absolute Gasteiger partial charge is 0.477 e. The van der Waals surface area contributed by atoms with E-state index >= 15 is 0 Å². The molecule has 0 bridgehead atoms. The summed E-state index contributed by atoms with van der Waals surface area (Å²) in [5.74, 6) is -1.06. The topological polar surface area (TPSA) is 115 Å². The second-order valence-corrected chi connectivity index (χ2v) is 6.87. The Morgan fingerprint density at radius 2 is 1.96 bits per heavy atom. The Labute approximate surface area is 152 Å². The van der Waals surface area contributed by atoms with Crippen molar-refractivity contribution < 1.29 is 14.7 Å². The van der Waals surface area contributed by atoms with E-state index in [0.29, 0.717) is 28.0 Å². The molecule has 1 amide bonds. The van der Waals surface area contributed by atoms with Gasteiger partial charge < -0.3 is 10.8 Å². The van der Waals surface area contributed by atoms with Gasteiger partial charge in [0.2, 0.25) is 5.91 Å². The molecular weight excluding hydrogens is 354 g/mol. The molecule has 7 nitrogen and oxygen atoms in total. The van der Waals surface area contributed by atoms with Crippen molar-refractivity contribution in [3.05, 3.63) is 51.1 Å². The molecule has 0 saturated heterocycles. The van der Waals surface area contributed by atoms with Crippen molar-refractivity contribution in [3.63, 3.8) is 0 Å². The van der Waals surface area contributed by atoms with Crippen molar-refractivity contribution in [2.75, 3.05) is 0 Å². The van der Waals surface area contributed by atoms with E-state index in [0.717, 1.165) is 16.9 Å². The molecule has 3 N–H and O–H groups in total. The van der Waals surface area contributed by atoms with Crippen molar-refractivity contribution in [1.82, 2.24) is 9.55 Å². The van der Waals surface area contributed by atoms with Crippen LogP contribution >= 0.6 is 11.3 Å². The Balaban J connectivity index is 2.24. The fourth-order valence-corrected chi connectivity index (χ4v) is 3.86. The third-order valence-corrected chi connectivity index (χ3v) is 5.26. The summed E-state index contributed by atoms with van der Waals surface area (Å²) in [6.07, 6.45) is 0.554. The molecule has 134 valence electrons. The first-order valence-corrected chi connectivity index (χ1v) is 8.82. The summed E-state index contributed by atoms with van der Waals surface area (Å²) in [6.45, 7) is 1.88. The van der Waals surface area contributed by atoms with Gasteiger partial charge in [0.15, 0.2) is 0 Å². The number of carboxylic acids is 1. The van der Waals surface area contributed by atoms with Gasteiger partial charge in [0, 0.05) is 18.5 Å². The first kappa shape index (κ1) is 17.8. The molecule has 2 heterocycles. The van der Waals surface area contributed by atoms with Gasteiger partial charge in [-0.05, 0) is 18.9 Å². The van der Waals surface area contributed by atoms with Crippen LogP contribution in [-0.2, 0) is 11.3 Å². The van der Waals surface area contributed by atoms with Crippen molar-refractivity contribution in [1.29, 1.82) is 0 Å². The highest BCUT2D eigenvalue weighted by Crippen LogP contribution is 2.29. The van der Waals surface area contributed by atoms with Gasteiger partial charge in [0.05, 0.1) is 5.39 Å². The van der Waals surface area contributed by atoms with Gasteiger partial charge in [0.1, 0.15) is 15.5 Å². The minimum Gasteiger partial charge on any atom is -0.477 e. The lowest BCUT2D eigenvalue weighted by molar-refractivity contribution is -0.118. The average molecular weight is 371 g/mol. The van der Waals surface area contributed by atoms with E-state index in [9.17, 15) is 19.5 Å². The Hall–Kier alpha value is -3.00. The summed E-state index contributed by atoms with van der Waals surface area (Å²) < 4.78 is 1.49. The van der Waals surface area contributed by atoms with E-state index in [1.54, 1.807) is 6.92 Å². The first-order chi connectivity index (χ1) is 12.4. The van der Waals surface area contributed by atoms with Crippen LogP contribution in [0.25, 0.3) is 21.6 Å². The molecule has 0 atom stereocenters. The van der Waals surface area contributed by atoms with Crippen molar-refractivity contribution in [3.8, 4) is 11.4 Å². The molecule has 0 aliphatic rings. The van der Waals surface area contributed by atoms with Gasteiger partial charge in [-0.25, -0.2) is 9.78 Å². The molecule has 3 rings (SSSR count). The van der Waals surface area contributed by atoms with Gasteiger partial charge in [0.25, 0.3) is 5.56 Å². The van der Waals surface area contributed by atoms with Gasteiger partial charge in [-0.15, -0.1) is 11.3 Å². The van der Waals surface area contributed by atoms with Crippen LogP contribution in [0.4, 0.5) is 0 Å². The number of primary amides is 1. The quantitative estimate of drug-likeness (QED) is 0.690. The third kappa shape index (κ3) is 3.23. The molecule has 0 radical (unpaired) electrons. The molecule has 0 aliphatic heterocycles. The van der Waals surface area contributed by atoms with Crippen LogP contribution in [-0.4, -0.2) is 26.5 Å². The Morgan fingerprint density at radius 3 is 2.58 bits per heavy atom. The molecule has 3 aromatic rings. The third-order valence-electron chi connectivity index (χ3n) is 4.08. The summed E-state index contributed by atoms with van der Waals surface area (Å²) in [5.41, 5.74) is 6.04. The highest BCUT2D eigenvalue weighted by atomic mass is 32.1. The molecule has 0 fully saturated rings. The Bertz CT molecular complexity index is 1050. The fourth-order valence-electron chi connectivity index (χ4n) is 2.85. The number of rotatable bonds is 6. The van der Waals surface area contributed by atoms with E-state index < -0.39 is 11.9 Å². The van der Waals surface area contributed by atoms with Gasteiger partial charge in [-0.1, -0.05) is 30.3 Å². The number of carbonyl (C=O) groups is 2. The maximum atomic E-state index is 13.1. The second-order valence-electron chi connectivity index (χ2n) is 5.87. The monoisotopic (exact) mass is 371 g/mol. The van der Waals surface area contributed by atoms with Crippen molar-refractivity contribution in [2.24, 2.45) is 5.73 Å². The lowest BCUT2D eigenvalue weighted by Gasteiger charge is -2.12. The molecule has 0 saturated carbocycles. The van der Waals surface area contributed by atoms with Crippen molar-refractivity contribution >= 4 is 33.4 Å². The summed E-state index contributed by atoms with van der Waals surface area (Å²) in [7, 11) is 0. The highest BCUT2D eigenvalue weighted by molar-refractivity contribution is 7.20. The number of thiophene rings is 1. The molecule has 26 heavy (non-hydrogen) atoms. The molecule has 0 spiro atoms. The number of fused-ring (bicyclic) bond motifs is 1. The number of carboxylic acid groups (broad SMARTS) is 1. The zero-order valence-electron chi connectivity index (χ0n) is 14.1. The van der Waals surface area contributed by atoms with E-state index in [4.69, 9.17) is 5.73 Å². The first-order valence-electron chi connectivity index (χ1n) is 8.01. The summed E-state index contributed by atoms with van der Waals surface area (Å²) in [5, 5.41) is 9.65. The maximum Gasteiger partial charge on any atom is 0.346 e. The normalized spacial score (nSPS) is 11.0. The smallest absolute Gasteiger partial charge is 0.346 e. The van der Waals surface area contributed by atoms with Crippen LogP contribution in [0.15, 0.2) is 35.1 Å². The second kappa shape index (κ2) is 7.09.